The van der Waals surface area contributed by atoms with Crippen molar-refractivity contribution in [3.05, 3.63) is 36.4 Å². The molecule has 5 nitrogen and oxygen atoms in total. The van der Waals surface area contributed by atoms with Gasteiger partial charge in [0.15, 0.2) is 0 Å². The molecule has 100 valence electrons. The molecule has 19 heavy (non-hydrogen) atoms. The maximum Gasteiger partial charge on any atom is 0.224 e. The van der Waals surface area contributed by atoms with Crippen molar-refractivity contribution in [3.8, 4) is 0 Å². The van der Waals surface area contributed by atoms with Gasteiger partial charge in [0.2, 0.25) is 5.95 Å². The van der Waals surface area contributed by atoms with Crippen LogP contribution in [0.15, 0.2) is 35.1 Å². The second kappa shape index (κ2) is 5.73. The number of aromatic nitrogens is 2. The fourth-order valence-corrected chi connectivity index (χ4v) is 2.37. The molecule has 0 unspecified atom stereocenters. The van der Waals surface area contributed by atoms with Crippen molar-refractivity contribution < 1.29 is 4.42 Å². The zero-order chi connectivity index (χ0) is 12.9. The molecule has 0 radical (unpaired) electrons. The van der Waals surface area contributed by atoms with Crippen molar-refractivity contribution in [2.24, 2.45) is 0 Å². The third kappa shape index (κ3) is 3.24. The Morgan fingerprint density at radius 3 is 2.95 bits per heavy atom. The highest BCUT2D eigenvalue weighted by Crippen LogP contribution is 2.21. The Morgan fingerprint density at radius 2 is 2.16 bits per heavy atom. The SMILES string of the molecule is c1coc(CNc2ccnc(NC3CCCC3)n2)c1. The Balaban J connectivity index is 1.59. The molecule has 0 bridgehead atoms. The number of anilines is 2. The molecule has 5 heteroatoms. The van der Waals surface area contributed by atoms with E-state index in [0.717, 1.165) is 11.6 Å². The molecule has 2 N–H and O–H groups in total. The van der Waals surface area contributed by atoms with Gasteiger partial charge in [0, 0.05) is 12.2 Å². The van der Waals surface area contributed by atoms with Gasteiger partial charge in [-0.2, -0.15) is 4.98 Å². The van der Waals surface area contributed by atoms with E-state index in [-0.39, 0.29) is 0 Å². The zero-order valence-corrected chi connectivity index (χ0v) is 10.8. The van der Waals surface area contributed by atoms with Crippen LogP contribution in [0.4, 0.5) is 11.8 Å². The Kier molecular flexibility index (Phi) is 3.63. The van der Waals surface area contributed by atoms with Crippen LogP contribution in [0.2, 0.25) is 0 Å². The molecular formula is C14H18N4O. The van der Waals surface area contributed by atoms with Gasteiger partial charge in [-0.1, -0.05) is 12.8 Å². The normalized spacial score (nSPS) is 15.6. The minimum Gasteiger partial charge on any atom is -0.467 e. The second-order valence-electron chi connectivity index (χ2n) is 4.82. The number of hydrogen-bond donors (Lipinski definition) is 2. The van der Waals surface area contributed by atoms with Crippen molar-refractivity contribution in [1.82, 2.24) is 9.97 Å². The molecule has 1 aliphatic carbocycles. The van der Waals surface area contributed by atoms with E-state index in [1.807, 2.05) is 18.2 Å². The first-order chi connectivity index (χ1) is 9.40. The van der Waals surface area contributed by atoms with Crippen molar-refractivity contribution in [1.29, 1.82) is 0 Å². The van der Waals surface area contributed by atoms with E-state index in [2.05, 4.69) is 20.6 Å². The van der Waals surface area contributed by atoms with E-state index < -0.39 is 0 Å². The van der Waals surface area contributed by atoms with Gasteiger partial charge in [0.25, 0.3) is 0 Å². The molecule has 0 aromatic carbocycles. The largest absolute Gasteiger partial charge is 0.467 e. The van der Waals surface area contributed by atoms with Crippen LogP contribution in [0.5, 0.6) is 0 Å². The van der Waals surface area contributed by atoms with E-state index in [4.69, 9.17) is 4.42 Å². The predicted octanol–water partition coefficient (Wildman–Crippen LogP) is 3.04. The van der Waals surface area contributed by atoms with Gasteiger partial charge in [-0.3, -0.25) is 0 Å². The summed E-state index contributed by atoms with van der Waals surface area (Å²) >= 11 is 0. The minimum absolute atomic E-state index is 0.528. The van der Waals surface area contributed by atoms with Gasteiger partial charge < -0.3 is 15.1 Å². The number of furan rings is 1. The third-order valence-electron chi connectivity index (χ3n) is 3.37. The minimum atomic E-state index is 0.528. The lowest BCUT2D eigenvalue weighted by Crippen LogP contribution is -2.17. The lowest BCUT2D eigenvalue weighted by molar-refractivity contribution is 0.518. The molecule has 1 fully saturated rings. The first kappa shape index (κ1) is 12.0. The standard InChI is InChI=1S/C14H18N4O/c1-2-5-11(4-1)17-14-15-8-7-13(18-14)16-10-12-6-3-9-19-12/h3,6-9,11H,1-2,4-5,10H2,(H2,15,16,17,18). The van der Waals surface area contributed by atoms with Crippen LogP contribution in [0.3, 0.4) is 0 Å². The Labute approximate surface area is 112 Å². The second-order valence-corrected chi connectivity index (χ2v) is 4.82. The molecule has 3 rings (SSSR count). The summed E-state index contributed by atoms with van der Waals surface area (Å²) in [4.78, 5) is 8.72. The van der Waals surface area contributed by atoms with Crippen LogP contribution in [0.1, 0.15) is 31.4 Å². The topological polar surface area (TPSA) is 63.0 Å². The predicted molar refractivity (Wildman–Crippen MR) is 73.9 cm³/mol. The number of nitrogens with one attached hydrogen (secondary N) is 2. The van der Waals surface area contributed by atoms with Crippen molar-refractivity contribution in [2.45, 2.75) is 38.3 Å². The molecule has 1 aliphatic rings. The number of nitrogens with zero attached hydrogens (tertiary/aromatic N) is 2. The first-order valence-corrected chi connectivity index (χ1v) is 6.76. The summed E-state index contributed by atoms with van der Waals surface area (Å²) < 4.78 is 5.27. The molecule has 1 saturated carbocycles. The summed E-state index contributed by atoms with van der Waals surface area (Å²) in [6, 6.07) is 6.21. The Morgan fingerprint density at radius 1 is 1.26 bits per heavy atom. The van der Waals surface area contributed by atoms with Crippen LogP contribution in [0, 0.1) is 0 Å². The Hall–Kier alpha value is -2.04. The van der Waals surface area contributed by atoms with E-state index in [9.17, 15) is 0 Å². The van der Waals surface area contributed by atoms with Crippen molar-refractivity contribution >= 4 is 11.8 Å². The molecule has 0 spiro atoms. The molecule has 2 aromatic heterocycles. The average molecular weight is 258 g/mol. The number of rotatable bonds is 5. The van der Waals surface area contributed by atoms with Crippen LogP contribution >= 0.6 is 0 Å². The maximum atomic E-state index is 5.27. The molecule has 2 heterocycles. The van der Waals surface area contributed by atoms with Gasteiger partial charge in [0.1, 0.15) is 11.6 Å². The summed E-state index contributed by atoms with van der Waals surface area (Å²) in [7, 11) is 0. The number of hydrogen-bond acceptors (Lipinski definition) is 5. The lowest BCUT2D eigenvalue weighted by Gasteiger charge is -2.12. The fraction of sp³-hybridized carbons (Fsp3) is 0.429. The summed E-state index contributed by atoms with van der Waals surface area (Å²) in [6.45, 7) is 0.632. The van der Waals surface area contributed by atoms with Crippen LogP contribution in [-0.4, -0.2) is 16.0 Å². The smallest absolute Gasteiger partial charge is 0.224 e. The highest BCUT2D eigenvalue weighted by atomic mass is 16.3. The quantitative estimate of drug-likeness (QED) is 0.863. The van der Waals surface area contributed by atoms with Gasteiger partial charge >= 0.3 is 0 Å². The highest BCUT2D eigenvalue weighted by molar-refractivity contribution is 5.40. The fourth-order valence-electron chi connectivity index (χ4n) is 2.37. The van der Waals surface area contributed by atoms with Crippen molar-refractivity contribution in [2.75, 3.05) is 10.6 Å². The van der Waals surface area contributed by atoms with Gasteiger partial charge in [-0.05, 0) is 31.0 Å². The first-order valence-electron chi connectivity index (χ1n) is 6.76. The monoisotopic (exact) mass is 258 g/mol. The summed E-state index contributed by atoms with van der Waals surface area (Å²) in [5.74, 6) is 2.41. The molecule has 2 aromatic rings. The van der Waals surface area contributed by atoms with Gasteiger partial charge in [0.05, 0.1) is 12.8 Å². The van der Waals surface area contributed by atoms with Crippen molar-refractivity contribution in [3.63, 3.8) is 0 Å². The van der Waals surface area contributed by atoms with Gasteiger partial charge in [-0.25, -0.2) is 4.98 Å². The molecule has 0 amide bonds. The average Bonchev–Trinajstić information content (AvgIpc) is 3.10. The van der Waals surface area contributed by atoms with Crippen LogP contribution in [-0.2, 0) is 6.54 Å². The van der Waals surface area contributed by atoms with Crippen LogP contribution < -0.4 is 10.6 Å². The summed E-state index contributed by atoms with van der Waals surface area (Å²) in [5.41, 5.74) is 0. The third-order valence-corrected chi connectivity index (χ3v) is 3.37. The zero-order valence-electron chi connectivity index (χ0n) is 10.8. The maximum absolute atomic E-state index is 5.27. The summed E-state index contributed by atoms with van der Waals surface area (Å²) in [5, 5.41) is 6.62. The molecule has 0 aliphatic heterocycles. The molecular weight excluding hydrogens is 240 g/mol. The molecule has 0 atom stereocenters. The Bertz CT molecular complexity index is 506. The van der Waals surface area contributed by atoms with Gasteiger partial charge in [-0.15, -0.1) is 0 Å². The van der Waals surface area contributed by atoms with E-state index in [1.165, 1.54) is 25.7 Å². The van der Waals surface area contributed by atoms with Crippen LogP contribution in [0.25, 0.3) is 0 Å². The summed E-state index contributed by atoms with van der Waals surface area (Å²) in [6.07, 6.45) is 8.47. The van der Waals surface area contributed by atoms with E-state index in [0.29, 0.717) is 18.5 Å². The highest BCUT2D eigenvalue weighted by Gasteiger charge is 2.15. The van der Waals surface area contributed by atoms with E-state index >= 15 is 0 Å². The van der Waals surface area contributed by atoms with E-state index in [1.54, 1.807) is 12.5 Å². The molecule has 0 saturated heterocycles. The lowest BCUT2D eigenvalue weighted by atomic mass is 10.2.